The highest BCUT2D eigenvalue weighted by Crippen LogP contribution is 2.19. The van der Waals surface area contributed by atoms with Crippen molar-refractivity contribution in [3.8, 4) is 0 Å². The molecule has 1 rings (SSSR count). The Hall–Kier alpha value is -1.97. The fourth-order valence-electron chi connectivity index (χ4n) is 2.51. The number of hydrogen-bond acceptors (Lipinski definition) is 3. The molecule has 0 N–H and O–H groups in total. The molecule has 0 amide bonds. The maximum atomic E-state index is 10.8. The summed E-state index contributed by atoms with van der Waals surface area (Å²) in [4.78, 5) is 15.3. The lowest BCUT2D eigenvalue weighted by molar-refractivity contribution is -0.419. The molecule has 0 saturated heterocycles. The van der Waals surface area contributed by atoms with Crippen molar-refractivity contribution in [2.24, 2.45) is 16.8 Å². The molecular weight excluding hydrogens is 288 g/mol. The van der Waals surface area contributed by atoms with Crippen LogP contribution in [0.2, 0.25) is 0 Å². The van der Waals surface area contributed by atoms with Crippen LogP contribution < -0.4 is 0 Å². The van der Waals surface area contributed by atoms with E-state index in [2.05, 4.69) is 26.8 Å². The normalized spacial score (nSPS) is 19.0. The topological polar surface area (TPSA) is 55.5 Å². The van der Waals surface area contributed by atoms with Crippen LogP contribution in [0.5, 0.6) is 0 Å². The Morgan fingerprint density at radius 2 is 2.17 bits per heavy atom. The molecule has 23 heavy (non-hydrogen) atoms. The van der Waals surface area contributed by atoms with Gasteiger partial charge in [-0.15, -0.1) is 0 Å². The van der Waals surface area contributed by atoms with Gasteiger partial charge in [0, 0.05) is 23.6 Å². The fourth-order valence-corrected chi connectivity index (χ4v) is 2.51. The zero-order valence-electron chi connectivity index (χ0n) is 14.7. The Kier molecular flexibility index (Phi) is 8.23. The van der Waals surface area contributed by atoms with Crippen molar-refractivity contribution in [2.75, 3.05) is 0 Å². The lowest BCUT2D eigenvalue weighted by atomic mass is 9.96. The summed E-state index contributed by atoms with van der Waals surface area (Å²) in [5.41, 5.74) is 2.50. The predicted octanol–water partition coefficient (Wildman–Crippen LogP) is 5.47. The molecule has 0 aromatic carbocycles. The van der Waals surface area contributed by atoms with Gasteiger partial charge in [0.15, 0.2) is 0 Å². The van der Waals surface area contributed by atoms with E-state index in [-0.39, 0.29) is 16.5 Å². The van der Waals surface area contributed by atoms with Crippen LogP contribution in [0.25, 0.3) is 0 Å². The van der Waals surface area contributed by atoms with Crippen molar-refractivity contribution in [3.63, 3.8) is 0 Å². The average molecular weight is 316 g/mol. The van der Waals surface area contributed by atoms with Gasteiger partial charge in [-0.05, 0) is 44.4 Å². The van der Waals surface area contributed by atoms with Gasteiger partial charge in [0.05, 0.1) is 4.92 Å². The molecule has 1 atom stereocenters. The molecule has 126 valence electrons. The predicted molar refractivity (Wildman–Crippen MR) is 97.0 cm³/mol. The van der Waals surface area contributed by atoms with Crippen LogP contribution >= 0.6 is 0 Å². The minimum Gasteiger partial charge on any atom is -0.263 e. The number of nitro groups is 1. The van der Waals surface area contributed by atoms with E-state index in [1.807, 2.05) is 19.1 Å². The first-order chi connectivity index (χ1) is 11.0. The SMILES string of the molecule is C/C=C(CC)\N=C(\CCC1C=CC=C([N+](=O)[O-])C=C1)CC(C)C. The highest BCUT2D eigenvalue weighted by Gasteiger charge is 2.12. The average Bonchev–Trinajstić information content (AvgIpc) is 2.75. The number of nitrogens with zero attached hydrogens (tertiary/aromatic N) is 2. The largest absolute Gasteiger partial charge is 0.269 e. The molecule has 1 unspecified atom stereocenters. The molecule has 0 saturated carbocycles. The van der Waals surface area contributed by atoms with Crippen molar-refractivity contribution in [3.05, 3.63) is 58.0 Å². The minimum atomic E-state index is -0.353. The smallest absolute Gasteiger partial charge is 0.263 e. The first kappa shape index (κ1) is 19.1. The number of allylic oxidation sites excluding steroid dienone is 7. The van der Waals surface area contributed by atoms with E-state index in [9.17, 15) is 10.1 Å². The van der Waals surface area contributed by atoms with Gasteiger partial charge in [0.25, 0.3) is 5.70 Å². The molecule has 4 nitrogen and oxygen atoms in total. The third-order valence-corrected chi connectivity index (χ3v) is 3.76. The van der Waals surface area contributed by atoms with Crippen molar-refractivity contribution in [1.82, 2.24) is 0 Å². The third kappa shape index (κ3) is 7.22. The van der Waals surface area contributed by atoms with Gasteiger partial charge in [-0.2, -0.15) is 0 Å². The van der Waals surface area contributed by atoms with Gasteiger partial charge in [0.1, 0.15) is 0 Å². The van der Waals surface area contributed by atoms with Crippen LogP contribution in [0.1, 0.15) is 53.4 Å². The zero-order chi connectivity index (χ0) is 17.2. The van der Waals surface area contributed by atoms with E-state index in [1.54, 1.807) is 18.2 Å². The summed E-state index contributed by atoms with van der Waals surface area (Å²) in [6.45, 7) is 8.55. The van der Waals surface area contributed by atoms with Gasteiger partial charge < -0.3 is 0 Å². The Morgan fingerprint density at radius 1 is 1.43 bits per heavy atom. The summed E-state index contributed by atoms with van der Waals surface area (Å²) in [7, 11) is 0. The van der Waals surface area contributed by atoms with Gasteiger partial charge >= 0.3 is 0 Å². The van der Waals surface area contributed by atoms with Gasteiger partial charge in [-0.1, -0.05) is 45.1 Å². The highest BCUT2D eigenvalue weighted by atomic mass is 16.6. The summed E-state index contributed by atoms with van der Waals surface area (Å²) in [5.74, 6) is 0.795. The Labute approximate surface area is 139 Å². The second kappa shape index (κ2) is 9.93. The Morgan fingerprint density at radius 3 is 2.74 bits per heavy atom. The van der Waals surface area contributed by atoms with Crippen LogP contribution in [-0.4, -0.2) is 10.6 Å². The first-order valence-electron chi connectivity index (χ1n) is 8.38. The van der Waals surface area contributed by atoms with Crippen molar-refractivity contribution < 1.29 is 4.92 Å². The molecule has 0 radical (unpaired) electrons. The number of hydrogen-bond donors (Lipinski definition) is 0. The lowest BCUT2D eigenvalue weighted by Crippen LogP contribution is -2.06. The van der Waals surface area contributed by atoms with E-state index in [0.29, 0.717) is 5.92 Å². The molecule has 1 aliphatic rings. The molecule has 0 aromatic heterocycles. The van der Waals surface area contributed by atoms with Crippen LogP contribution in [0.15, 0.2) is 52.8 Å². The van der Waals surface area contributed by atoms with Crippen LogP contribution in [0.4, 0.5) is 0 Å². The van der Waals surface area contributed by atoms with Crippen molar-refractivity contribution >= 4 is 5.71 Å². The summed E-state index contributed by atoms with van der Waals surface area (Å²) in [6, 6.07) is 0. The summed E-state index contributed by atoms with van der Waals surface area (Å²) >= 11 is 0. The quantitative estimate of drug-likeness (QED) is 0.338. The van der Waals surface area contributed by atoms with E-state index >= 15 is 0 Å². The molecule has 4 heteroatoms. The molecule has 0 fully saturated rings. The van der Waals surface area contributed by atoms with Crippen LogP contribution in [0.3, 0.4) is 0 Å². The monoisotopic (exact) mass is 316 g/mol. The molecule has 0 bridgehead atoms. The van der Waals surface area contributed by atoms with E-state index in [4.69, 9.17) is 4.99 Å². The van der Waals surface area contributed by atoms with Gasteiger partial charge in [-0.25, -0.2) is 0 Å². The van der Waals surface area contributed by atoms with Gasteiger partial charge in [-0.3, -0.25) is 15.1 Å². The maximum Gasteiger partial charge on any atom is 0.269 e. The molecular formula is C19H28N2O2. The summed E-state index contributed by atoms with van der Waals surface area (Å²) in [6.07, 6.45) is 14.7. The lowest BCUT2D eigenvalue weighted by Gasteiger charge is -2.12. The van der Waals surface area contributed by atoms with E-state index < -0.39 is 0 Å². The molecule has 1 aliphatic carbocycles. The first-order valence-corrected chi connectivity index (χ1v) is 8.38. The summed E-state index contributed by atoms with van der Waals surface area (Å²) < 4.78 is 0. The zero-order valence-corrected chi connectivity index (χ0v) is 14.7. The number of rotatable bonds is 8. The Bertz CT molecular complexity index is 552. The summed E-state index contributed by atoms with van der Waals surface area (Å²) in [5, 5.41) is 10.8. The second-order valence-electron chi connectivity index (χ2n) is 6.20. The second-order valence-corrected chi connectivity index (χ2v) is 6.20. The molecule has 0 aliphatic heterocycles. The highest BCUT2D eigenvalue weighted by molar-refractivity contribution is 5.85. The van der Waals surface area contributed by atoms with Crippen LogP contribution in [-0.2, 0) is 0 Å². The fraction of sp³-hybridized carbons (Fsp3) is 0.526. The third-order valence-electron chi connectivity index (χ3n) is 3.76. The molecule has 0 aromatic rings. The Balaban J connectivity index is 2.72. The van der Waals surface area contributed by atoms with E-state index in [0.717, 1.165) is 31.4 Å². The van der Waals surface area contributed by atoms with Crippen LogP contribution in [0, 0.1) is 22.0 Å². The number of aliphatic imine (C=N–C) groups is 1. The molecule has 0 spiro atoms. The van der Waals surface area contributed by atoms with Gasteiger partial charge in [0.2, 0.25) is 0 Å². The standard InChI is InChI=1S/C19H28N2O2/c1-5-17(6-2)20-18(14-15(3)4)12-10-16-8-7-9-19(13-11-16)21(22)23/h5,7-9,11,13,15-16H,6,10,12,14H2,1-4H3/b17-5-,20-18-. The molecule has 0 heterocycles. The minimum absolute atomic E-state index is 0.141. The maximum absolute atomic E-state index is 10.8. The van der Waals surface area contributed by atoms with Crippen molar-refractivity contribution in [1.29, 1.82) is 0 Å². The van der Waals surface area contributed by atoms with Crippen molar-refractivity contribution in [2.45, 2.75) is 53.4 Å². The van der Waals surface area contributed by atoms with E-state index in [1.165, 1.54) is 5.71 Å².